The highest BCUT2D eigenvalue weighted by Crippen LogP contribution is 2.38. The summed E-state index contributed by atoms with van der Waals surface area (Å²) in [6.45, 7) is 0.438. The van der Waals surface area contributed by atoms with Crippen molar-refractivity contribution < 1.29 is 25.0 Å². The molecule has 2 rings (SSSR count). The summed E-state index contributed by atoms with van der Waals surface area (Å²) in [7, 11) is 0. The minimum atomic E-state index is -1.21. The average molecular weight is 358 g/mol. The quantitative estimate of drug-likeness (QED) is 0.530. The van der Waals surface area contributed by atoms with Crippen LogP contribution in [0.25, 0.3) is 0 Å². The Balaban J connectivity index is 0.000000293. The molecule has 1 aliphatic carbocycles. The first-order chi connectivity index (χ1) is 11.6. The second kappa shape index (κ2) is 8.30. The highest BCUT2D eigenvalue weighted by atomic mass is 16.6. The predicted octanol–water partition coefficient (Wildman–Crippen LogP) is 1.76. The van der Waals surface area contributed by atoms with Gasteiger partial charge in [-0.1, -0.05) is 19.3 Å². The van der Waals surface area contributed by atoms with Gasteiger partial charge in [0.15, 0.2) is 0 Å². The summed E-state index contributed by atoms with van der Waals surface area (Å²) >= 11 is 0. The number of rotatable bonds is 4. The standard InChI is InChI=1S/C7H15NO.C6H3N3O7/c8-6-7(9)4-2-1-3-5-7;10-6-4(8(13)14)1-3(7(11)12)2-5(6)9(15)16/h9H,1-6,8H2;1-2,10H. The fourth-order valence-electron chi connectivity index (χ4n) is 2.39. The van der Waals surface area contributed by atoms with Crippen molar-refractivity contribution in [3.63, 3.8) is 0 Å². The summed E-state index contributed by atoms with van der Waals surface area (Å²) in [5.41, 5.74) is 1.88. The number of nitro benzene ring substituents is 3. The number of nitro groups is 3. The van der Waals surface area contributed by atoms with E-state index >= 15 is 0 Å². The summed E-state index contributed by atoms with van der Waals surface area (Å²) in [5.74, 6) is -1.21. The van der Waals surface area contributed by atoms with Gasteiger partial charge in [0.05, 0.1) is 32.5 Å². The molecule has 1 aliphatic rings. The van der Waals surface area contributed by atoms with Crippen molar-refractivity contribution >= 4 is 17.1 Å². The minimum absolute atomic E-state index is 0.438. The van der Waals surface area contributed by atoms with E-state index in [4.69, 9.17) is 10.8 Å². The largest absolute Gasteiger partial charge is 0.497 e. The van der Waals surface area contributed by atoms with Gasteiger partial charge in [0.2, 0.25) is 0 Å². The van der Waals surface area contributed by atoms with Crippen LogP contribution in [0.3, 0.4) is 0 Å². The van der Waals surface area contributed by atoms with Crippen LogP contribution < -0.4 is 5.73 Å². The Morgan fingerprint density at radius 1 is 0.960 bits per heavy atom. The normalized spacial score (nSPS) is 15.6. The van der Waals surface area contributed by atoms with Crippen LogP contribution in [0.2, 0.25) is 0 Å². The van der Waals surface area contributed by atoms with E-state index in [9.17, 15) is 35.4 Å². The van der Waals surface area contributed by atoms with Crippen molar-refractivity contribution in [1.82, 2.24) is 0 Å². The number of benzene rings is 1. The molecule has 0 aliphatic heterocycles. The lowest BCUT2D eigenvalue weighted by Gasteiger charge is -2.30. The second-order valence-corrected chi connectivity index (χ2v) is 5.59. The lowest BCUT2D eigenvalue weighted by Crippen LogP contribution is -2.39. The summed E-state index contributed by atoms with van der Waals surface area (Å²) in [5, 5.41) is 49.8. The van der Waals surface area contributed by atoms with Crippen LogP contribution in [0.15, 0.2) is 12.1 Å². The van der Waals surface area contributed by atoms with E-state index in [-0.39, 0.29) is 0 Å². The van der Waals surface area contributed by atoms with E-state index in [1.807, 2.05) is 0 Å². The molecule has 0 unspecified atom stereocenters. The van der Waals surface area contributed by atoms with E-state index in [1.165, 1.54) is 6.42 Å². The number of non-ortho nitro benzene ring substituents is 1. The number of phenols is 1. The first kappa shape index (κ1) is 20.2. The van der Waals surface area contributed by atoms with Crippen LogP contribution in [-0.4, -0.2) is 37.1 Å². The van der Waals surface area contributed by atoms with Gasteiger partial charge in [-0.15, -0.1) is 0 Å². The van der Waals surface area contributed by atoms with Crippen LogP contribution in [0.1, 0.15) is 32.1 Å². The SMILES string of the molecule is NCC1(O)CCCCC1.O=[N+]([O-])c1cc([N+](=O)[O-])c(O)c([N+](=O)[O-])c1. The lowest BCUT2D eigenvalue weighted by atomic mass is 9.85. The van der Waals surface area contributed by atoms with Gasteiger partial charge in [0.1, 0.15) is 0 Å². The topological polar surface area (TPSA) is 196 Å². The van der Waals surface area contributed by atoms with E-state index < -0.39 is 43.2 Å². The molecule has 0 saturated heterocycles. The summed E-state index contributed by atoms with van der Waals surface area (Å²) in [6.07, 6.45) is 5.37. The van der Waals surface area contributed by atoms with Crippen LogP contribution in [0, 0.1) is 30.3 Å². The molecule has 4 N–H and O–H groups in total. The van der Waals surface area contributed by atoms with Crippen molar-refractivity contribution in [3.05, 3.63) is 42.5 Å². The fraction of sp³-hybridized carbons (Fsp3) is 0.538. The molecule has 138 valence electrons. The van der Waals surface area contributed by atoms with E-state index in [2.05, 4.69) is 0 Å². The van der Waals surface area contributed by atoms with Gasteiger partial charge in [-0.05, 0) is 12.8 Å². The molecule has 1 saturated carbocycles. The molecule has 0 bridgehead atoms. The molecule has 1 fully saturated rings. The van der Waals surface area contributed by atoms with Crippen molar-refractivity contribution in [1.29, 1.82) is 0 Å². The third kappa shape index (κ3) is 5.32. The summed E-state index contributed by atoms with van der Waals surface area (Å²) in [6, 6.07) is 0.894. The maximum Gasteiger partial charge on any atom is 0.324 e. The first-order valence-corrected chi connectivity index (χ1v) is 7.34. The molecule has 12 heteroatoms. The van der Waals surface area contributed by atoms with Gasteiger partial charge in [0.25, 0.3) is 11.4 Å². The predicted molar refractivity (Wildman–Crippen MR) is 85.2 cm³/mol. The third-order valence-electron chi connectivity index (χ3n) is 3.82. The number of hydrogen-bond donors (Lipinski definition) is 3. The van der Waals surface area contributed by atoms with E-state index in [0.29, 0.717) is 18.7 Å². The molecule has 0 atom stereocenters. The summed E-state index contributed by atoms with van der Waals surface area (Å²) < 4.78 is 0. The van der Waals surface area contributed by atoms with Crippen molar-refractivity contribution in [2.24, 2.45) is 5.73 Å². The Hall–Kier alpha value is -2.86. The maximum absolute atomic E-state index is 10.4. The smallest absolute Gasteiger partial charge is 0.324 e. The zero-order valence-electron chi connectivity index (χ0n) is 13.2. The number of nitrogens with zero attached hydrogens (tertiary/aromatic N) is 3. The first-order valence-electron chi connectivity index (χ1n) is 7.34. The van der Waals surface area contributed by atoms with E-state index in [0.717, 1.165) is 25.7 Å². The Labute approximate surface area is 141 Å². The Morgan fingerprint density at radius 2 is 1.40 bits per heavy atom. The second-order valence-electron chi connectivity index (χ2n) is 5.59. The van der Waals surface area contributed by atoms with Gasteiger partial charge >= 0.3 is 11.4 Å². The van der Waals surface area contributed by atoms with Crippen molar-refractivity contribution in [2.45, 2.75) is 37.7 Å². The van der Waals surface area contributed by atoms with Gasteiger partial charge in [-0.2, -0.15) is 0 Å². The molecule has 25 heavy (non-hydrogen) atoms. The number of aromatic hydroxyl groups is 1. The molecule has 1 aromatic rings. The lowest BCUT2D eigenvalue weighted by molar-refractivity contribution is -0.404. The minimum Gasteiger partial charge on any atom is -0.497 e. The molecule has 0 amide bonds. The highest BCUT2D eigenvalue weighted by molar-refractivity contribution is 5.64. The zero-order chi connectivity index (χ0) is 19.2. The molecule has 0 heterocycles. The van der Waals surface area contributed by atoms with Gasteiger partial charge < -0.3 is 15.9 Å². The maximum atomic E-state index is 10.4. The number of aliphatic hydroxyl groups is 1. The van der Waals surface area contributed by atoms with Gasteiger partial charge in [-0.25, -0.2) is 0 Å². The van der Waals surface area contributed by atoms with Crippen LogP contribution in [0.4, 0.5) is 17.1 Å². The number of phenolic OH excluding ortho intramolecular Hbond substituents is 1. The van der Waals surface area contributed by atoms with Gasteiger partial charge in [0, 0.05) is 6.54 Å². The monoisotopic (exact) mass is 358 g/mol. The molecular weight excluding hydrogens is 340 g/mol. The molecule has 12 nitrogen and oxygen atoms in total. The molecular formula is C13H18N4O8. The Morgan fingerprint density at radius 3 is 1.68 bits per heavy atom. The molecule has 0 spiro atoms. The Bertz CT molecular complexity index is 637. The van der Waals surface area contributed by atoms with Crippen LogP contribution in [-0.2, 0) is 0 Å². The van der Waals surface area contributed by atoms with Gasteiger partial charge in [-0.3, -0.25) is 30.3 Å². The molecule has 1 aromatic carbocycles. The van der Waals surface area contributed by atoms with Crippen molar-refractivity contribution in [3.8, 4) is 5.75 Å². The van der Waals surface area contributed by atoms with Crippen molar-refractivity contribution in [2.75, 3.05) is 6.54 Å². The average Bonchev–Trinajstić information content (AvgIpc) is 2.55. The number of hydrogen-bond acceptors (Lipinski definition) is 9. The zero-order valence-corrected chi connectivity index (χ0v) is 13.2. The van der Waals surface area contributed by atoms with Crippen LogP contribution in [0.5, 0.6) is 5.75 Å². The summed E-state index contributed by atoms with van der Waals surface area (Å²) in [4.78, 5) is 27.8. The Kier molecular flexibility index (Phi) is 6.70. The van der Waals surface area contributed by atoms with E-state index in [1.54, 1.807) is 0 Å². The molecule has 0 aromatic heterocycles. The fourth-order valence-corrected chi connectivity index (χ4v) is 2.39. The van der Waals surface area contributed by atoms with Crippen LogP contribution >= 0.6 is 0 Å². The number of nitrogens with two attached hydrogens (primary N) is 1. The molecule has 0 radical (unpaired) electrons. The third-order valence-corrected chi connectivity index (χ3v) is 3.82. The highest BCUT2D eigenvalue weighted by Gasteiger charge is 2.30.